The first-order valence-corrected chi connectivity index (χ1v) is 6.34. The lowest BCUT2D eigenvalue weighted by molar-refractivity contribution is -0.120. The molecule has 0 aliphatic heterocycles. The standard InChI is InChI=1S/C13H24N2O/c1-12(2)9-5-6-13(3,7-9)11(12)15-8-10(16)14-4/h9,11,15H,5-8H2,1-4H3,(H,14,16). The summed E-state index contributed by atoms with van der Waals surface area (Å²) in [6.07, 6.45) is 4.00. The van der Waals surface area contributed by atoms with Gasteiger partial charge in [0.05, 0.1) is 6.54 Å². The van der Waals surface area contributed by atoms with Crippen LogP contribution in [0.2, 0.25) is 0 Å². The molecule has 3 nitrogen and oxygen atoms in total. The van der Waals surface area contributed by atoms with Gasteiger partial charge < -0.3 is 10.6 Å². The molecule has 0 spiro atoms. The average molecular weight is 224 g/mol. The smallest absolute Gasteiger partial charge is 0.233 e. The molecule has 0 saturated heterocycles. The molecule has 2 aliphatic carbocycles. The van der Waals surface area contributed by atoms with Crippen molar-refractivity contribution < 1.29 is 4.79 Å². The maximum atomic E-state index is 11.3. The first-order valence-electron chi connectivity index (χ1n) is 6.34. The summed E-state index contributed by atoms with van der Waals surface area (Å²) in [6, 6.07) is 0.482. The monoisotopic (exact) mass is 224 g/mol. The zero-order valence-electron chi connectivity index (χ0n) is 10.9. The Morgan fingerprint density at radius 2 is 2.06 bits per heavy atom. The Bertz CT molecular complexity index is 296. The summed E-state index contributed by atoms with van der Waals surface area (Å²) in [7, 11) is 1.69. The average Bonchev–Trinajstić information content (AvgIpc) is 2.68. The molecule has 0 aromatic rings. The van der Waals surface area contributed by atoms with Crippen LogP contribution in [0.4, 0.5) is 0 Å². The van der Waals surface area contributed by atoms with Gasteiger partial charge in [0.25, 0.3) is 0 Å². The Morgan fingerprint density at radius 1 is 1.38 bits per heavy atom. The predicted octanol–water partition coefficient (Wildman–Crippen LogP) is 1.54. The molecule has 2 rings (SSSR count). The lowest BCUT2D eigenvalue weighted by Gasteiger charge is -2.43. The number of fused-ring (bicyclic) bond motifs is 2. The van der Waals surface area contributed by atoms with Gasteiger partial charge in [-0.05, 0) is 36.0 Å². The van der Waals surface area contributed by atoms with Crippen LogP contribution < -0.4 is 10.6 Å². The summed E-state index contributed by atoms with van der Waals surface area (Å²) in [5, 5.41) is 6.15. The van der Waals surface area contributed by atoms with Crippen LogP contribution in [0.3, 0.4) is 0 Å². The third-order valence-corrected chi connectivity index (χ3v) is 5.02. The van der Waals surface area contributed by atoms with Gasteiger partial charge in [-0.3, -0.25) is 4.79 Å². The van der Waals surface area contributed by atoms with Crippen LogP contribution in [0.25, 0.3) is 0 Å². The zero-order chi connectivity index (χ0) is 12.0. The molecule has 2 saturated carbocycles. The molecule has 92 valence electrons. The molecule has 3 heteroatoms. The van der Waals surface area contributed by atoms with E-state index < -0.39 is 0 Å². The van der Waals surface area contributed by atoms with Gasteiger partial charge in [0.15, 0.2) is 0 Å². The molecular weight excluding hydrogens is 200 g/mol. The Hall–Kier alpha value is -0.570. The number of hydrogen-bond donors (Lipinski definition) is 2. The Labute approximate surface area is 98.4 Å². The van der Waals surface area contributed by atoms with Crippen LogP contribution in [0.15, 0.2) is 0 Å². The van der Waals surface area contributed by atoms with Crippen LogP contribution in [-0.2, 0) is 4.79 Å². The molecular formula is C13H24N2O. The van der Waals surface area contributed by atoms with Gasteiger partial charge in [0.2, 0.25) is 5.91 Å². The van der Waals surface area contributed by atoms with Crippen molar-refractivity contribution in [3.8, 4) is 0 Å². The van der Waals surface area contributed by atoms with E-state index in [1.54, 1.807) is 7.05 Å². The highest BCUT2D eigenvalue weighted by Crippen LogP contribution is 2.62. The SMILES string of the molecule is CNC(=O)CNC1C2(C)CCC(C2)C1(C)C. The highest BCUT2D eigenvalue weighted by molar-refractivity contribution is 5.77. The molecule has 0 heterocycles. The summed E-state index contributed by atoms with van der Waals surface area (Å²) in [4.78, 5) is 11.3. The minimum atomic E-state index is 0.0853. The van der Waals surface area contributed by atoms with E-state index >= 15 is 0 Å². The third kappa shape index (κ3) is 1.65. The minimum absolute atomic E-state index is 0.0853. The van der Waals surface area contributed by atoms with Crippen molar-refractivity contribution in [2.45, 2.75) is 46.1 Å². The fourth-order valence-corrected chi connectivity index (χ4v) is 4.09. The molecule has 1 amide bonds. The maximum Gasteiger partial charge on any atom is 0.233 e. The van der Waals surface area contributed by atoms with Gasteiger partial charge in [0, 0.05) is 13.1 Å². The molecule has 0 radical (unpaired) electrons. The number of rotatable bonds is 3. The van der Waals surface area contributed by atoms with Gasteiger partial charge in [-0.1, -0.05) is 20.8 Å². The van der Waals surface area contributed by atoms with Crippen LogP contribution in [0, 0.1) is 16.7 Å². The van der Waals surface area contributed by atoms with Crippen molar-refractivity contribution in [2.24, 2.45) is 16.7 Å². The van der Waals surface area contributed by atoms with E-state index in [1.807, 2.05) is 0 Å². The van der Waals surface area contributed by atoms with Gasteiger partial charge in [0.1, 0.15) is 0 Å². The number of hydrogen-bond acceptors (Lipinski definition) is 2. The van der Waals surface area contributed by atoms with Gasteiger partial charge in [-0.15, -0.1) is 0 Å². The Kier molecular flexibility index (Phi) is 2.77. The normalized spacial score (nSPS) is 40.0. The molecule has 2 bridgehead atoms. The van der Waals surface area contributed by atoms with Crippen LogP contribution in [0.5, 0.6) is 0 Å². The number of amides is 1. The molecule has 2 fully saturated rings. The second-order valence-corrected chi connectivity index (χ2v) is 6.40. The topological polar surface area (TPSA) is 41.1 Å². The van der Waals surface area contributed by atoms with E-state index in [4.69, 9.17) is 0 Å². The molecule has 2 N–H and O–H groups in total. The summed E-state index contributed by atoms with van der Waals surface area (Å²) in [6.45, 7) is 7.53. The van der Waals surface area contributed by atoms with Crippen LogP contribution in [-0.4, -0.2) is 25.5 Å². The quantitative estimate of drug-likeness (QED) is 0.763. The highest BCUT2D eigenvalue weighted by atomic mass is 16.1. The summed E-state index contributed by atoms with van der Waals surface area (Å²) in [5.41, 5.74) is 0.739. The third-order valence-electron chi connectivity index (χ3n) is 5.02. The van der Waals surface area contributed by atoms with Crippen molar-refractivity contribution in [3.05, 3.63) is 0 Å². The fourth-order valence-electron chi connectivity index (χ4n) is 4.09. The fraction of sp³-hybridized carbons (Fsp3) is 0.923. The van der Waals surface area contributed by atoms with E-state index in [1.165, 1.54) is 19.3 Å². The second-order valence-electron chi connectivity index (χ2n) is 6.40. The summed E-state index contributed by atoms with van der Waals surface area (Å²) in [5.74, 6) is 0.918. The molecule has 3 unspecified atom stereocenters. The summed E-state index contributed by atoms with van der Waals surface area (Å²) < 4.78 is 0. The molecule has 2 aliphatic rings. The minimum Gasteiger partial charge on any atom is -0.358 e. The van der Waals surface area contributed by atoms with E-state index in [9.17, 15) is 4.79 Å². The zero-order valence-corrected chi connectivity index (χ0v) is 10.9. The van der Waals surface area contributed by atoms with Crippen molar-refractivity contribution in [1.29, 1.82) is 0 Å². The molecule has 3 atom stereocenters. The number of carbonyl (C=O) groups is 1. The molecule has 16 heavy (non-hydrogen) atoms. The number of likely N-dealkylation sites (N-methyl/N-ethyl adjacent to an activating group) is 1. The van der Waals surface area contributed by atoms with Crippen LogP contribution >= 0.6 is 0 Å². The largest absolute Gasteiger partial charge is 0.358 e. The van der Waals surface area contributed by atoms with Crippen molar-refractivity contribution in [3.63, 3.8) is 0 Å². The number of nitrogens with one attached hydrogen (secondary N) is 2. The first-order chi connectivity index (χ1) is 7.40. The summed E-state index contributed by atoms with van der Waals surface area (Å²) >= 11 is 0. The number of carbonyl (C=O) groups excluding carboxylic acids is 1. The Morgan fingerprint density at radius 3 is 2.56 bits per heavy atom. The van der Waals surface area contributed by atoms with E-state index in [0.717, 1.165) is 5.92 Å². The van der Waals surface area contributed by atoms with Crippen molar-refractivity contribution in [2.75, 3.05) is 13.6 Å². The van der Waals surface area contributed by atoms with Gasteiger partial charge >= 0.3 is 0 Å². The predicted molar refractivity (Wildman–Crippen MR) is 65.1 cm³/mol. The second kappa shape index (κ2) is 3.73. The molecule has 0 aromatic carbocycles. The van der Waals surface area contributed by atoms with E-state index in [2.05, 4.69) is 31.4 Å². The van der Waals surface area contributed by atoms with Crippen molar-refractivity contribution >= 4 is 5.91 Å². The lowest BCUT2D eigenvalue weighted by Crippen LogP contribution is -2.52. The first kappa shape index (κ1) is 11.9. The maximum absolute atomic E-state index is 11.3. The van der Waals surface area contributed by atoms with Gasteiger partial charge in [-0.2, -0.15) is 0 Å². The van der Waals surface area contributed by atoms with Gasteiger partial charge in [-0.25, -0.2) is 0 Å². The van der Waals surface area contributed by atoms with E-state index in [0.29, 0.717) is 23.4 Å². The van der Waals surface area contributed by atoms with Crippen LogP contribution in [0.1, 0.15) is 40.0 Å². The van der Waals surface area contributed by atoms with Crippen molar-refractivity contribution in [1.82, 2.24) is 10.6 Å². The lowest BCUT2D eigenvalue weighted by atomic mass is 9.68. The highest BCUT2D eigenvalue weighted by Gasteiger charge is 2.58. The Balaban J connectivity index is 2.05. The molecule has 0 aromatic heterocycles. The van der Waals surface area contributed by atoms with E-state index in [-0.39, 0.29) is 5.91 Å².